The van der Waals surface area contributed by atoms with Crippen LogP contribution in [0.3, 0.4) is 0 Å². The third-order valence-corrected chi connectivity index (χ3v) is 3.33. The maximum Gasteiger partial charge on any atom is 0.335 e. The van der Waals surface area contributed by atoms with E-state index in [0.717, 1.165) is 16.9 Å². The smallest absolute Gasteiger partial charge is 0.335 e. The molecule has 3 N–H and O–H groups in total. The lowest BCUT2D eigenvalue weighted by molar-refractivity contribution is 0.0697. The fraction of sp³-hybridized carbons (Fsp3) is 0.133. The third kappa shape index (κ3) is 3.22. The second-order valence-corrected chi connectivity index (χ2v) is 4.67. The van der Waals surface area contributed by atoms with Crippen molar-refractivity contribution in [2.45, 2.75) is 6.54 Å². The Kier molecular flexibility index (Phi) is 4.48. The van der Waals surface area contributed by atoms with Crippen molar-refractivity contribution >= 4 is 28.9 Å². The number of aromatic carboxylic acids is 1. The lowest BCUT2D eigenvalue weighted by Gasteiger charge is -2.13. The molecule has 0 radical (unpaired) electrons. The van der Waals surface area contributed by atoms with Gasteiger partial charge in [-0.2, -0.15) is 0 Å². The number of hydrogen-bond acceptors (Lipinski definition) is 3. The molecule has 0 aromatic heterocycles. The van der Waals surface area contributed by atoms with Crippen molar-refractivity contribution in [3.8, 4) is 0 Å². The molecule has 2 rings (SSSR count). The Balaban J connectivity index is 2.17. The fourth-order valence-corrected chi connectivity index (χ4v) is 2.07. The van der Waals surface area contributed by atoms with E-state index in [0.29, 0.717) is 11.6 Å². The van der Waals surface area contributed by atoms with Crippen LogP contribution < -0.4 is 10.6 Å². The number of rotatable bonds is 5. The van der Waals surface area contributed by atoms with Crippen molar-refractivity contribution < 1.29 is 9.90 Å². The number of nitrogens with one attached hydrogen (secondary N) is 2. The molecule has 20 heavy (non-hydrogen) atoms. The summed E-state index contributed by atoms with van der Waals surface area (Å²) in [6.07, 6.45) is 0. The average molecular weight is 291 g/mol. The van der Waals surface area contributed by atoms with Gasteiger partial charge in [0.05, 0.1) is 16.9 Å². The van der Waals surface area contributed by atoms with Gasteiger partial charge in [-0.3, -0.25) is 0 Å². The number of carbonyl (C=O) groups is 1. The molecule has 0 aliphatic rings. The van der Waals surface area contributed by atoms with Crippen molar-refractivity contribution in [1.82, 2.24) is 0 Å². The van der Waals surface area contributed by atoms with Crippen LogP contribution >= 0.6 is 11.6 Å². The maximum absolute atomic E-state index is 10.9. The van der Waals surface area contributed by atoms with Gasteiger partial charge in [0.25, 0.3) is 0 Å². The average Bonchev–Trinajstić information content (AvgIpc) is 2.46. The molecule has 0 saturated heterocycles. The zero-order chi connectivity index (χ0) is 14.5. The predicted octanol–water partition coefficient (Wildman–Crippen LogP) is 3.69. The molecular formula is C15H15ClN2O2. The summed E-state index contributed by atoms with van der Waals surface area (Å²) in [5.41, 5.74) is 2.80. The third-order valence-electron chi connectivity index (χ3n) is 2.96. The summed E-state index contributed by atoms with van der Waals surface area (Å²) in [5.74, 6) is -0.945. The molecule has 0 amide bonds. The number of halogens is 1. The first-order valence-electron chi connectivity index (χ1n) is 6.14. The quantitative estimate of drug-likeness (QED) is 0.786. The van der Waals surface area contributed by atoms with Crippen LogP contribution in [-0.2, 0) is 6.54 Å². The van der Waals surface area contributed by atoms with E-state index in [-0.39, 0.29) is 5.56 Å². The first-order chi connectivity index (χ1) is 9.61. The van der Waals surface area contributed by atoms with Crippen LogP contribution in [0.1, 0.15) is 15.9 Å². The molecule has 0 fully saturated rings. The van der Waals surface area contributed by atoms with Gasteiger partial charge in [0.1, 0.15) is 0 Å². The topological polar surface area (TPSA) is 61.4 Å². The lowest BCUT2D eigenvalue weighted by atomic mass is 10.1. The molecular weight excluding hydrogens is 276 g/mol. The Morgan fingerprint density at radius 1 is 1.20 bits per heavy atom. The Morgan fingerprint density at radius 3 is 2.60 bits per heavy atom. The predicted molar refractivity (Wildman–Crippen MR) is 81.7 cm³/mol. The maximum atomic E-state index is 10.9. The minimum Gasteiger partial charge on any atom is -0.478 e. The number of hydrogen-bond donors (Lipinski definition) is 3. The number of carboxylic acids is 1. The monoisotopic (exact) mass is 290 g/mol. The van der Waals surface area contributed by atoms with E-state index < -0.39 is 5.97 Å². The minimum absolute atomic E-state index is 0.248. The Bertz CT molecular complexity index is 629. The van der Waals surface area contributed by atoms with E-state index in [1.165, 1.54) is 0 Å². The van der Waals surface area contributed by atoms with Gasteiger partial charge in [-0.1, -0.05) is 29.8 Å². The van der Waals surface area contributed by atoms with Crippen LogP contribution in [0.2, 0.25) is 5.02 Å². The van der Waals surface area contributed by atoms with Crippen LogP contribution in [0.25, 0.3) is 0 Å². The first-order valence-corrected chi connectivity index (χ1v) is 6.52. The zero-order valence-corrected chi connectivity index (χ0v) is 11.7. The van der Waals surface area contributed by atoms with Crippen LogP contribution in [0.15, 0.2) is 42.5 Å². The number of benzene rings is 2. The van der Waals surface area contributed by atoms with Crippen molar-refractivity contribution in [1.29, 1.82) is 0 Å². The van der Waals surface area contributed by atoms with Gasteiger partial charge in [-0.05, 0) is 29.8 Å². The molecule has 0 bridgehead atoms. The normalized spacial score (nSPS) is 10.1. The summed E-state index contributed by atoms with van der Waals surface area (Å²) in [6, 6.07) is 12.5. The standard InChI is InChI=1S/C15H15ClN2O2/c1-17-14-8-10(15(19)20)6-7-13(14)18-9-11-4-2-3-5-12(11)16/h2-8,17-18H,9H2,1H3,(H,19,20). The van der Waals surface area contributed by atoms with E-state index >= 15 is 0 Å². The number of carboxylic acid groups (broad SMARTS) is 1. The van der Waals surface area contributed by atoms with Gasteiger partial charge < -0.3 is 15.7 Å². The molecule has 104 valence electrons. The summed E-state index contributed by atoms with van der Waals surface area (Å²) in [7, 11) is 1.75. The van der Waals surface area contributed by atoms with Gasteiger partial charge in [-0.25, -0.2) is 4.79 Å². The minimum atomic E-state index is -0.945. The second kappa shape index (κ2) is 6.30. The van der Waals surface area contributed by atoms with E-state index in [1.54, 1.807) is 25.2 Å². The molecule has 0 unspecified atom stereocenters. The number of anilines is 2. The highest BCUT2D eigenvalue weighted by Crippen LogP contribution is 2.24. The Hall–Kier alpha value is -2.20. The highest BCUT2D eigenvalue weighted by atomic mass is 35.5. The zero-order valence-electron chi connectivity index (χ0n) is 11.0. The van der Waals surface area contributed by atoms with E-state index in [4.69, 9.17) is 16.7 Å². The van der Waals surface area contributed by atoms with Gasteiger partial charge in [0, 0.05) is 18.6 Å². The molecule has 0 spiro atoms. The van der Waals surface area contributed by atoms with Gasteiger partial charge in [0.15, 0.2) is 0 Å². The summed E-state index contributed by atoms with van der Waals surface area (Å²) >= 11 is 6.10. The Morgan fingerprint density at radius 2 is 1.95 bits per heavy atom. The lowest BCUT2D eigenvalue weighted by Crippen LogP contribution is -2.05. The second-order valence-electron chi connectivity index (χ2n) is 4.26. The summed E-state index contributed by atoms with van der Waals surface area (Å²) in [5, 5.41) is 15.9. The van der Waals surface area contributed by atoms with E-state index in [9.17, 15) is 4.79 Å². The first kappa shape index (κ1) is 14.2. The summed E-state index contributed by atoms with van der Waals surface area (Å²) in [6.45, 7) is 0.570. The highest BCUT2D eigenvalue weighted by Gasteiger charge is 2.08. The summed E-state index contributed by atoms with van der Waals surface area (Å²) < 4.78 is 0. The van der Waals surface area contributed by atoms with Crippen molar-refractivity contribution in [3.05, 3.63) is 58.6 Å². The molecule has 2 aromatic rings. The van der Waals surface area contributed by atoms with Gasteiger partial charge in [0.2, 0.25) is 0 Å². The van der Waals surface area contributed by atoms with Crippen LogP contribution in [0.4, 0.5) is 11.4 Å². The van der Waals surface area contributed by atoms with Gasteiger partial charge in [-0.15, -0.1) is 0 Å². The largest absolute Gasteiger partial charge is 0.478 e. The van der Waals surface area contributed by atoms with Crippen molar-refractivity contribution in [2.24, 2.45) is 0 Å². The molecule has 0 aliphatic heterocycles. The highest BCUT2D eigenvalue weighted by molar-refractivity contribution is 6.31. The van der Waals surface area contributed by atoms with E-state index in [2.05, 4.69) is 10.6 Å². The molecule has 2 aromatic carbocycles. The molecule has 0 atom stereocenters. The molecule has 4 nitrogen and oxygen atoms in total. The van der Waals surface area contributed by atoms with Crippen molar-refractivity contribution in [3.63, 3.8) is 0 Å². The summed E-state index contributed by atoms with van der Waals surface area (Å²) in [4.78, 5) is 10.9. The SMILES string of the molecule is CNc1cc(C(=O)O)ccc1NCc1ccccc1Cl. The molecule has 0 heterocycles. The van der Waals surface area contributed by atoms with Crippen molar-refractivity contribution in [2.75, 3.05) is 17.7 Å². The molecule has 5 heteroatoms. The Labute approximate surface area is 122 Å². The van der Waals surface area contributed by atoms with E-state index in [1.807, 2.05) is 24.3 Å². The van der Waals surface area contributed by atoms with Gasteiger partial charge >= 0.3 is 5.97 Å². The molecule has 0 aliphatic carbocycles. The van der Waals surface area contributed by atoms with Crippen LogP contribution in [0.5, 0.6) is 0 Å². The van der Waals surface area contributed by atoms with Crippen LogP contribution in [-0.4, -0.2) is 18.1 Å². The fourth-order valence-electron chi connectivity index (χ4n) is 1.87. The molecule has 0 saturated carbocycles. The van der Waals surface area contributed by atoms with Crippen LogP contribution in [0, 0.1) is 0 Å².